The van der Waals surface area contributed by atoms with Gasteiger partial charge in [0.25, 0.3) is 0 Å². The Hall–Kier alpha value is -1.58. The van der Waals surface area contributed by atoms with E-state index < -0.39 is 5.97 Å². The summed E-state index contributed by atoms with van der Waals surface area (Å²) in [6, 6.07) is 1.38. The highest BCUT2D eigenvalue weighted by atomic mass is 16.5. The molecule has 1 heterocycles. The van der Waals surface area contributed by atoms with E-state index in [0.717, 1.165) is 0 Å². The largest absolute Gasteiger partial charge is 0.464 e. The molecule has 0 saturated heterocycles. The third kappa shape index (κ3) is 3.00. The monoisotopic (exact) mass is 252 g/mol. The van der Waals surface area contributed by atoms with Gasteiger partial charge in [-0.15, -0.1) is 0 Å². The molecule has 0 saturated carbocycles. The molecule has 1 aromatic heterocycles. The fourth-order valence-corrected chi connectivity index (χ4v) is 1.63. The fourth-order valence-electron chi connectivity index (χ4n) is 1.63. The van der Waals surface area contributed by atoms with Crippen LogP contribution in [0.5, 0.6) is 0 Å². The van der Waals surface area contributed by atoms with Gasteiger partial charge in [-0.2, -0.15) is 0 Å². The first-order valence-electron chi connectivity index (χ1n) is 6.23. The van der Waals surface area contributed by atoms with Gasteiger partial charge in [0.1, 0.15) is 17.1 Å². The standard InChI is InChI=1S/C14H20O4/c1-6-17-14(16)12-10(15)7-11(8(2)3)18-13(12)9(4)5/h7-9H,6H2,1-5H3. The van der Waals surface area contributed by atoms with Crippen molar-refractivity contribution in [3.8, 4) is 0 Å². The van der Waals surface area contributed by atoms with Crippen molar-refractivity contribution in [1.82, 2.24) is 0 Å². The topological polar surface area (TPSA) is 56.5 Å². The predicted octanol–water partition coefficient (Wildman–Crippen LogP) is 3.06. The van der Waals surface area contributed by atoms with Crippen LogP contribution in [0.2, 0.25) is 0 Å². The molecule has 0 aliphatic rings. The van der Waals surface area contributed by atoms with Crippen molar-refractivity contribution in [1.29, 1.82) is 0 Å². The molecule has 0 aliphatic carbocycles. The Labute approximate surface area is 107 Å². The SMILES string of the molecule is CCOC(=O)c1c(C(C)C)oc(C(C)C)cc1=O. The van der Waals surface area contributed by atoms with E-state index >= 15 is 0 Å². The first-order chi connectivity index (χ1) is 8.38. The second-order valence-corrected chi connectivity index (χ2v) is 4.78. The second kappa shape index (κ2) is 5.85. The van der Waals surface area contributed by atoms with Crippen LogP contribution >= 0.6 is 0 Å². The normalized spacial score (nSPS) is 11.1. The molecular weight excluding hydrogens is 232 g/mol. The lowest BCUT2D eigenvalue weighted by Gasteiger charge is -2.13. The number of hydrogen-bond acceptors (Lipinski definition) is 4. The third-order valence-corrected chi connectivity index (χ3v) is 2.57. The maximum absolute atomic E-state index is 12.0. The summed E-state index contributed by atoms with van der Waals surface area (Å²) in [6.07, 6.45) is 0. The number of hydrogen-bond donors (Lipinski definition) is 0. The smallest absolute Gasteiger partial charge is 0.345 e. The van der Waals surface area contributed by atoms with Gasteiger partial charge >= 0.3 is 5.97 Å². The van der Waals surface area contributed by atoms with Gasteiger partial charge in [0.05, 0.1) is 6.61 Å². The highest BCUT2D eigenvalue weighted by Crippen LogP contribution is 2.22. The summed E-state index contributed by atoms with van der Waals surface area (Å²) in [6.45, 7) is 9.58. The van der Waals surface area contributed by atoms with E-state index in [1.54, 1.807) is 6.92 Å². The van der Waals surface area contributed by atoms with Gasteiger partial charge in [-0.3, -0.25) is 4.79 Å². The molecule has 0 aromatic carbocycles. The third-order valence-electron chi connectivity index (χ3n) is 2.57. The number of ether oxygens (including phenoxy) is 1. The van der Waals surface area contributed by atoms with Crippen LogP contribution in [0.25, 0.3) is 0 Å². The number of esters is 1. The van der Waals surface area contributed by atoms with E-state index in [2.05, 4.69) is 0 Å². The molecule has 0 spiro atoms. The molecule has 0 unspecified atom stereocenters. The molecule has 0 amide bonds. The average Bonchev–Trinajstić information content (AvgIpc) is 2.27. The van der Waals surface area contributed by atoms with Crippen molar-refractivity contribution in [3.63, 3.8) is 0 Å². The highest BCUT2D eigenvalue weighted by molar-refractivity contribution is 5.90. The molecule has 0 atom stereocenters. The summed E-state index contributed by atoms with van der Waals surface area (Å²) in [4.78, 5) is 23.8. The Bertz CT molecular complexity index is 483. The van der Waals surface area contributed by atoms with E-state index in [1.165, 1.54) is 6.07 Å². The summed E-state index contributed by atoms with van der Waals surface area (Å²) in [5.41, 5.74) is -0.302. The van der Waals surface area contributed by atoms with Crippen molar-refractivity contribution in [3.05, 3.63) is 33.4 Å². The van der Waals surface area contributed by atoms with E-state index in [-0.39, 0.29) is 29.4 Å². The van der Waals surface area contributed by atoms with Crippen LogP contribution in [0.4, 0.5) is 0 Å². The van der Waals surface area contributed by atoms with Gasteiger partial charge in [-0.25, -0.2) is 4.79 Å². The zero-order chi connectivity index (χ0) is 13.9. The molecule has 0 radical (unpaired) electrons. The van der Waals surface area contributed by atoms with Crippen LogP contribution in [-0.4, -0.2) is 12.6 Å². The quantitative estimate of drug-likeness (QED) is 0.773. The van der Waals surface area contributed by atoms with Crippen LogP contribution in [0.3, 0.4) is 0 Å². The number of carbonyl (C=O) groups is 1. The van der Waals surface area contributed by atoms with Crippen molar-refractivity contribution in [2.24, 2.45) is 0 Å². The Morgan fingerprint density at radius 3 is 2.33 bits per heavy atom. The molecule has 18 heavy (non-hydrogen) atoms. The molecule has 4 nitrogen and oxygen atoms in total. The maximum atomic E-state index is 12.0. The van der Waals surface area contributed by atoms with Gasteiger partial charge in [0, 0.05) is 17.9 Å². The van der Waals surface area contributed by atoms with E-state index in [4.69, 9.17) is 9.15 Å². The minimum absolute atomic E-state index is 0.0243. The number of rotatable bonds is 4. The Morgan fingerprint density at radius 2 is 1.89 bits per heavy atom. The lowest BCUT2D eigenvalue weighted by Crippen LogP contribution is -2.21. The summed E-state index contributed by atoms with van der Waals surface area (Å²) >= 11 is 0. The van der Waals surface area contributed by atoms with Crippen LogP contribution in [0.15, 0.2) is 15.3 Å². The fraction of sp³-hybridized carbons (Fsp3) is 0.571. The lowest BCUT2D eigenvalue weighted by molar-refractivity contribution is 0.0518. The second-order valence-electron chi connectivity index (χ2n) is 4.78. The molecule has 0 fully saturated rings. The molecule has 1 rings (SSSR count). The van der Waals surface area contributed by atoms with Crippen LogP contribution in [0.1, 0.15) is 68.3 Å². The average molecular weight is 252 g/mol. The molecule has 4 heteroatoms. The molecule has 100 valence electrons. The van der Waals surface area contributed by atoms with E-state index in [1.807, 2.05) is 27.7 Å². The van der Waals surface area contributed by atoms with Crippen molar-refractivity contribution >= 4 is 5.97 Å². The Kier molecular flexibility index (Phi) is 4.70. The van der Waals surface area contributed by atoms with Crippen molar-refractivity contribution < 1.29 is 13.9 Å². The summed E-state index contributed by atoms with van der Waals surface area (Å²) in [7, 11) is 0. The van der Waals surface area contributed by atoms with Gasteiger partial charge in [-0.05, 0) is 6.92 Å². The lowest BCUT2D eigenvalue weighted by atomic mass is 10.0. The van der Waals surface area contributed by atoms with Gasteiger partial charge < -0.3 is 9.15 Å². The van der Waals surface area contributed by atoms with Gasteiger partial charge in [-0.1, -0.05) is 27.7 Å². The van der Waals surface area contributed by atoms with Crippen LogP contribution in [0, 0.1) is 0 Å². The minimum Gasteiger partial charge on any atom is -0.464 e. The zero-order valence-corrected chi connectivity index (χ0v) is 11.6. The van der Waals surface area contributed by atoms with Crippen LogP contribution < -0.4 is 5.43 Å². The first-order valence-corrected chi connectivity index (χ1v) is 6.23. The van der Waals surface area contributed by atoms with E-state index in [0.29, 0.717) is 11.5 Å². The summed E-state index contributed by atoms with van der Waals surface area (Å²) in [5.74, 6) is 0.453. The molecule has 1 aromatic rings. The van der Waals surface area contributed by atoms with Gasteiger partial charge in [0.2, 0.25) is 0 Å². The first kappa shape index (κ1) is 14.5. The number of carbonyl (C=O) groups excluding carboxylic acids is 1. The zero-order valence-electron chi connectivity index (χ0n) is 11.6. The highest BCUT2D eigenvalue weighted by Gasteiger charge is 2.23. The van der Waals surface area contributed by atoms with Gasteiger partial charge in [0.15, 0.2) is 5.43 Å². The summed E-state index contributed by atoms with van der Waals surface area (Å²) in [5, 5.41) is 0. The molecule has 0 aliphatic heterocycles. The minimum atomic E-state index is -0.606. The Morgan fingerprint density at radius 1 is 1.28 bits per heavy atom. The summed E-state index contributed by atoms with van der Waals surface area (Å²) < 4.78 is 10.6. The molecule has 0 N–H and O–H groups in total. The Balaban J connectivity index is 3.41. The predicted molar refractivity (Wildman–Crippen MR) is 69.1 cm³/mol. The molecular formula is C14H20O4. The maximum Gasteiger partial charge on any atom is 0.345 e. The molecule has 0 bridgehead atoms. The van der Waals surface area contributed by atoms with Crippen molar-refractivity contribution in [2.75, 3.05) is 6.61 Å². The van der Waals surface area contributed by atoms with Crippen LogP contribution in [-0.2, 0) is 4.74 Å². The van der Waals surface area contributed by atoms with Crippen molar-refractivity contribution in [2.45, 2.75) is 46.5 Å². The van der Waals surface area contributed by atoms with E-state index in [9.17, 15) is 9.59 Å².